The van der Waals surface area contributed by atoms with Crippen LogP contribution in [0.25, 0.3) is 17.1 Å². The van der Waals surface area contributed by atoms with Gasteiger partial charge in [-0.3, -0.25) is 9.78 Å². The van der Waals surface area contributed by atoms with Crippen molar-refractivity contribution in [2.45, 2.75) is 6.61 Å². The fraction of sp³-hybridized carbons (Fsp3) is 0.0400. The molecule has 0 spiro atoms. The summed E-state index contributed by atoms with van der Waals surface area (Å²) in [4.78, 5) is 21.4. The molecule has 0 radical (unpaired) electrons. The zero-order chi connectivity index (χ0) is 23.3. The molecule has 0 bridgehead atoms. The van der Waals surface area contributed by atoms with Crippen molar-refractivity contribution in [3.8, 4) is 22.9 Å². The number of hydrogen-bond donors (Lipinski definition) is 1. The van der Waals surface area contributed by atoms with Crippen molar-refractivity contribution in [3.05, 3.63) is 108 Å². The number of carbonyl (C=O) groups is 1. The van der Waals surface area contributed by atoms with Crippen LogP contribution in [0, 0.1) is 0 Å². The Kier molecular flexibility index (Phi) is 6.05. The maximum absolute atomic E-state index is 13.1. The summed E-state index contributed by atoms with van der Waals surface area (Å²) in [7, 11) is 0. The normalized spacial score (nSPS) is 10.7. The number of hydrogen-bond acceptors (Lipinski definition) is 6. The van der Waals surface area contributed by atoms with Gasteiger partial charge in [-0.25, -0.2) is 9.67 Å². The molecule has 1 aromatic carbocycles. The summed E-state index contributed by atoms with van der Waals surface area (Å²) in [5.41, 5.74) is 2.48. The minimum Gasteiger partial charge on any atom is -0.485 e. The van der Waals surface area contributed by atoms with Crippen LogP contribution >= 0.6 is 11.6 Å². The smallest absolute Gasteiger partial charge is 0.277 e. The Labute approximate surface area is 199 Å². The molecule has 0 atom stereocenters. The Hall–Kier alpha value is -4.43. The Morgan fingerprint density at radius 2 is 1.85 bits per heavy atom. The second-order valence-corrected chi connectivity index (χ2v) is 7.67. The summed E-state index contributed by atoms with van der Waals surface area (Å²) in [6, 6.07) is 19.6. The van der Waals surface area contributed by atoms with Gasteiger partial charge in [0.2, 0.25) is 0 Å². The molecule has 168 valence electrons. The lowest BCUT2D eigenvalue weighted by Gasteiger charge is -2.11. The summed E-state index contributed by atoms with van der Waals surface area (Å²) < 4.78 is 13.1. The quantitative estimate of drug-likeness (QED) is 0.341. The van der Waals surface area contributed by atoms with Crippen molar-refractivity contribution in [1.82, 2.24) is 19.7 Å². The molecule has 0 saturated heterocycles. The van der Waals surface area contributed by atoms with Gasteiger partial charge in [0.05, 0.1) is 12.0 Å². The van der Waals surface area contributed by atoms with E-state index in [1.807, 2.05) is 24.3 Å². The first kappa shape index (κ1) is 21.4. The molecule has 0 saturated carbocycles. The average molecular weight is 472 g/mol. The van der Waals surface area contributed by atoms with Gasteiger partial charge in [0.15, 0.2) is 23.0 Å². The second kappa shape index (κ2) is 9.60. The van der Waals surface area contributed by atoms with E-state index in [-0.39, 0.29) is 5.69 Å². The number of ether oxygens (including phenoxy) is 1. The molecule has 0 fully saturated rings. The molecule has 0 aliphatic carbocycles. The number of carbonyl (C=O) groups excluding carboxylic acids is 1. The fourth-order valence-corrected chi connectivity index (χ4v) is 3.41. The van der Waals surface area contributed by atoms with Gasteiger partial charge >= 0.3 is 0 Å². The van der Waals surface area contributed by atoms with E-state index >= 15 is 0 Å². The molecule has 1 N–H and O–H groups in total. The summed E-state index contributed by atoms with van der Waals surface area (Å²) in [6.07, 6.45) is 6.53. The first-order chi connectivity index (χ1) is 16.7. The molecule has 34 heavy (non-hydrogen) atoms. The third-order valence-corrected chi connectivity index (χ3v) is 5.19. The van der Waals surface area contributed by atoms with Crippen LogP contribution in [-0.4, -0.2) is 25.7 Å². The van der Waals surface area contributed by atoms with Gasteiger partial charge in [0.1, 0.15) is 12.3 Å². The number of pyridine rings is 2. The molecule has 5 rings (SSSR count). The van der Waals surface area contributed by atoms with Crippen LogP contribution in [0.1, 0.15) is 16.1 Å². The van der Waals surface area contributed by atoms with Crippen LogP contribution in [0.15, 0.2) is 96.0 Å². The Balaban J connectivity index is 1.41. The van der Waals surface area contributed by atoms with Gasteiger partial charge in [-0.1, -0.05) is 11.6 Å². The van der Waals surface area contributed by atoms with Crippen molar-refractivity contribution in [1.29, 1.82) is 0 Å². The average Bonchev–Trinajstić information content (AvgIpc) is 3.55. The van der Waals surface area contributed by atoms with Gasteiger partial charge in [-0.2, -0.15) is 5.10 Å². The highest BCUT2D eigenvalue weighted by Crippen LogP contribution is 2.27. The molecule has 8 nitrogen and oxygen atoms in total. The first-order valence-electron chi connectivity index (χ1n) is 10.4. The molecule has 0 aliphatic heterocycles. The number of amides is 1. The third-order valence-electron chi connectivity index (χ3n) is 4.93. The predicted octanol–water partition coefficient (Wildman–Crippen LogP) is 5.41. The first-order valence-corrected chi connectivity index (χ1v) is 10.7. The predicted molar refractivity (Wildman–Crippen MR) is 127 cm³/mol. The second-order valence-electron chi connectivity index (χ2n) is 7.23. The van der Waals surface area contributed by atoms with Gasteiger partial charge < -0.3 is 14.5 Å². The number of nitrogens with zero attached hydrogens (tertiary/aromatic N) is 4. The summed E-state index contributed by atoms with van der Waals surface area (Å²) in [6.45, 7) is 0.310. The molecular formula is C25H18ClN5O3. The number of anilines is 1. The van der Waals surface area contributed by atoms with E-state index in [9.17, 15) is 4.79 Å². The zero-order valence-corrected chi connectivity index (χ0v) is 18.5. The zero-order valence-electron chi connectivity index (χ0n) is 17.8. The van der Waals surface area contributed by atoms with Crippen molar-refractivity contribution < 1.29 is 13.9 Å². The monoisotopic (exact) mass is 471 g/mol. The van der Waals surface area contributed by atoms with Gasteiger partial charge in [-0.05, 0) is 66.2 Å². The van der Waals surface area contributed by atoms with Crippen LogP contribution in [0.5, 0.6) is 5.75 Å². The highest BCUT2D eigenvalue weighted by Gasteiger charge is 2.20. The van der Waals surface area contributed by atoms with E-state index in [0.29, 0.717) is 34.7 Å². The lowest BCUT2D eigenvalue weighted by Crippen LogP contribution is -2.15. The van der Waals surface area contributed by atoms with E-state index < -0.39 is 5.91 Å². The summed E-state index contributed by atoms with van der Waals surface area (Å²) >= 11 is 6.03. The standard InChI is InChI=1S/C25H18ClN5O3/c26-18-5-7-19(8-6-18)31-21(22-4-2-14-33-22)15-20(30-31)25(32)29-24-23(3-1-11-28-24)34-16-17-9-12-27-13-10-17/h1-15H,16H2,(H,28,29,32). The minimum atomic E-state index is -0.437. The Bertz CT molecular complexity index is 1400. The molecular weight excluding hydrogens is 454 g/mol. The molecule has 5 aromatic rings. The van der Waals surface area contributed by atoms with Crippen LogP contribution in [-0.2, 0) is 6.61 Å². The van der Waals surface area contributed by atoms with E-state index in [1.54, 1.807) is 72.0 Å². The number of benzene rings is 1. The van der Waals surface area contributed by atoms with Crippen molar-refractivity contribution >= 4 is 23.3 Å². The number of nitrogens with one attached hydrogen (secondary N) is 1. The topological polar surface area (TPSA) is 95.1 Å². The molecule has 4 aromatic heterocycles. The van der Waals surface area contributed by atoms with E-state index in [0.717, 1.165) is 11.3 Å². The number of aromatic nitrogens is 4. The number of halogens is 1. The van der Waals surface area contributed by atoms with Gasteiger partial charge in [0.25, 0.3) is 5.91 Å². The van der Waals surface area contributed by atoms with Crippen LogP contribution in [0.4, 0.5) is 5.82 Å². The lowest BCUT2D eigenvalue weighted by atomic mass is 10.2. The van der Waals surface area contributed by atoms with Crippen molar-refractivity contribution in [2.24, 2.45) is 0 Å². The molecule has 0 aliphatic rings. The molecule has 9 heteroatoms. The third kappa shape index (κ3) is 4.67. The number of furan rings is 1. The SMILES string of the molecule is O=C(Nc1ncccc1OCc1ccncc1)c1cc(-c2ccco2)n(-c2ccc(Cl)cc2)n1. The lowest BCUT2D eigenvalue weighted by molar-refractivity contribution is 0.102. The largest absolute Gasteiger partial charge is 0.485 e. The van der Waals surface area contributed by atoms with Crippen molar-refractivity contribution in [3.63, 3.8) is 0 Å². The van der Waals surface area contributed by atoms with Crippen LogP contribution in [0.3, 0.4) is 0 Å². The Morgan fingerprint density at radius 3 is 2.62 bits per heavy atom. The molecule has 0 unspecified atom stereocenters. The highest BCUT2D eigenvalue weighted by molar-refractivity contribution is 6.30. The van der Waals surface area contributed by atoms with E-state index in [2.05, 4.69) is 20.4 Å². The van der Waals surface area contributed by atoms with Crippen LogP contribution in [0.2, 0.25) is 5.02 Å². The molecule has 1 amide bonds. The number of rotatable bonds is 7. The molecule has 4 heterocycles. The maximum atomic E-state index is 13.1. The minimum absolute atomic E-state index is 0.187. The van der Waals surface area contributed by atoms with Crippen molar-refractivity contribution in [2.75, 3.05) is 5.32 Å². The van der Waals surface area contributed by atoms with Gasteiger partial charge in [0, 0.05) is 29.7 Å². The van der Waals surface area contributed by atoms with Crippen LogP contribution < -0.4 is 10.1 Å². The van der Waals surface area contributed by atoms with E-state index in [1.165, 1.54) is 0 Å². The fourth-order valence-electron chi connectivity index (χ4n) is 3.28. The summed E-state index contributed by atoms with van der Waals surface area (Å²) in [5, 5.41) is 7.91. The van der Waals surface area contributed by atoms with E-state index in [4.69, 9.17) is 20.8 Å². The highest BCUT2D eigenvalue weighted by atomic mass is 35.5. The summed E-state index contributed by atoms with van der Waals surface area (Å²) in [5.74, 6) is 0.867. The van der Waals surface area contributed by atoms with Gasteiger partial charge in [-0.15, -0.1) is 0 Å². The maximum Gasteiger partial charge on any atom is 0.277 e. The Morgan fingerprint density at radius 1 is 1.03 bits per heavy atom.